The summed E-state index contributed by atoms with van der Waals surface area (Å²) >= 11 is 0. The second-order valence-electron chi connectivity index (χ2n) is 10.3. The second-order valence-corrected chi connectivity index (χ2v) is 12.1. The van der Waals surface area contributed by atoms with Crippen LogP contribution in [0.25, 0.3) is 0 Å². The Kier molecular flexibility index (Phi) is 10.5. The van der Waals surface area contributed by atoms with Gasteiger partial charge in [-0.15, -0.1) is 0 Å². The van der Waals surface area contributed by atoms with Gasteiger partial charge in [0.2, 0.25) is 11.8 Å². The van der Waals surface area contributed by atoms with Crippen molar-refractivity contribution in [2.75, 3.05) is 25.1 Å². The molecule has 1 aliphatic carbocycles. The highest BCUT2D eigenvalue weighted by Gasteiger charge is 2.34. The van der Waals surface area contributed by atoms with Gasteiger partial charge in [-0.3, -0.25) is 13.9 Å². The van der Waals surface area contributed by atoms with E-state index in [1.54, 1.807) is 30.3 Å². The van der Waals surface area contributed by atoms with E-state index in [1.807, 2.05) is 37.3 Å². The number of methoxy groups -OCH3 is 2. The fraction of sp³-hybridized carbons (Fsp3) is 0.375. The zero-order chi connectivity index (χ0) is 30.1. The Labute approximate surface area is 248 Å². The number of ether oxygens (including phenoxy) is 2. The van der Waals surface area contributed by atoms with Gasteiger partial charge in [0.25, 0.3) is 10.0 Å². The molecule has 3 aromatic rings. The Morgan fingerprint density at radius 3 is 2.12 bits per heavy atom. The van der Waals surface area contributed by atoms with E-state index in [-0.39, 0.29) is 29.1 Å². The van der Waals surface area contributed by atoms with Crippen LogP contribution in [-0.2, 0) is 26.2 Å². The summed E-state index contributed by atoms with van der Waals surface area (Å²) in [7, 11) is -1.34. The number of nitrogens with one attached hydrogen (secondary N) is 1. The van der Waals surface area contributed by atoms with Crippen molar-refractivity contribution in [3.05, 3.63) is 84.4 Å². The first-order valence-electron chi connectivity index (χ1n) is 14.2. The fourth-order valence-corrected chi connectivity index (χ4v) is 6.72. The molecule has 4 rings (SSSR count). The first kappa shape index (κ1) is 30.9. The lowest BCUT2D eigenvalue weighted by Crippen LogP contribution is -2.53. The third-order valence-corrected chi connectivity index (χ3v) is 9.32. The smallest absolute Gasteiger partial charge is 0.264 e. The molecular formula is C32H39N3O6S. The molecule has 1 fully saturated rings. The average molecular weight is 594 g/mol. The number of carbonyl (C=O) groups excluding carboxylic acids is 2. The number of para-hydroxylation sites is 1. The molecule has 1 N–H and O–H groups in total. The lowest BCUT2D eigenvalue weighted by molar-refractivity contribution is -0.140. The van der Waals surface area contributed by atoms with Crippen LogP contribution in [0.4, 0.5) is 5.69 Å². The van der Waals surface area contributed by atoms with Gasteiger partial charge in [0.1, 0.15) is 12.6 Å². The standard InChI is InChI=1S/C32H39N3O6S/c1-4-28(32(37)33-25-15-11-12-16-25)34(22-24-13-7-5-8-14-24)31(36)23-35(26-17-9-6-10-18-26)42(38,39)27-19-20-29(40-2)30(21-27)41-3/h5-10,13-14,17-21,25,28H,4,11-12,15-16,22-23H2,1-3H3,(H,33,37). The minimum Gasteiger partial charge on any atom is -0.493 e. The van der Waals surface area contributed by atoms with Crippen molar-refractivity contribution in [3.8, 4) is 11.5 Å². The molecule has 0 heterocycles. The summed E-state index contributed by atoms with van der Waals surface area (Å²) < 4.78 is 39.9. The van der Waals surface area contributed by atoms with Crippen LogP contribution >= 0.6 is 0 Å². The fourth-order valence-electron chi connectivity index (χ4n) is 5.29. The van der Waals surface area contributed by atoms with Crippen molar-refractivity contribution in [1.29, 1.82) is 0 Å². The Morgan fingerprint density at radius 2 is 1.52 bits per heavy atom. The second kappa shape index (κ2) is 14.2. The van der Waals surface area contributed by atoms with Gasteiger partial charge in [-0.1, -0.05) is 68.3 Å². The van der Waals surface area contributed by atoms with Gasteiger partial charge in [0.05, 0.1) is 24.8 Å². The van der Waals surface area contributed by atoms with Crippen molar-refractivity contribution in [3.63, 3.8) is 0 Å². The quantitative estimate of drug-likeness (QED) is 0.306. The number of carbonyl (C=O) groups is 2. The molecule has 0 bridgehead atoms. The molecule has 42 heavy (non-hydrogen) atoms. The number of hydrogen-bond donors (Lipinski definition) is 1. The van der Waals surface area contributed by atoms with E-state index >= 15 is 0 Å². The number of sulfonamides is 1. The highest BCUT2D eigenvalue weighted by atomic mass is 32.2. The maximum Gasteiger partial charge on any atom is 0.264 e. The molecule has 1 atom stereocenters. The third kappa shape index (κ3) is 7.23. The Morgan fingerprint density at radius 1 is 0.905 bits per heavy atom. The Balaban J connectivity index is 1.71. The first-order chi connectivity index (χ1) is 20.3. The number of anilines is 1. The SMILES string of the molecule is CCC(C(=O)NC1CCCC1)N(Cc1ccccc1)C(=O)CN(c1ccccc1)S(=O)(=O)c1ccc(OC)c(OC)c1. The first-order valence-corrected chi connectivity index (χ1v) is 15.7. The minimum absolute atomic E-state index is 0.0579. The predicted octanol–water partition coefficient (Wildman–Crippen LogP) is 4.77. The van der Waals surface area contributed by atoms with Crippen molar-refractivity contribution in [2.24, 2.45) is 0 Å². The van der Waals surface area contributed by atoms with Crippen molar-refractivity contribution < 1.29 is 27.5 Å². The summed E-state index contributed by atoms with van der Waals surface area (Å²) in [6.45, 7) is 1.52. The van der Waals surface area contributed by atoms with Crippen molar-refractivity contribution in [2.45, 2.75) is 62.6 Å². The van der Waals surface area contributed by atoms with Gasteiger partial charge in [-0.25, -0.2) is 8.42 Å². The van der Waals surface area contributed by atoms with Gasteiger partial charge < -0.3 is 19.7 Å². The Hall–Kier alpha value is -4.05. The molecule has 10 heteroatoms. The van der Waals surface area contributed by atoms with Gasteiger partial charge in [0, 0.05) is 18.7 Å². The Bertz CT molecular complexity index is 1440. The maximum atomic E-state index is 14.2. The van der Waals surface area contributed by atoms with Crippen LogP contribution < -0.4 is 19.1 Å². The zero-order valence-electron chi connectivity index (χ0n) is 24.4. The van der Waals surface area contributed by atoms with Crippen LogP contribution in [0.15, 0.2) is 83.8 Å². The van der Waals surface area contributed by atoms with Crippen LogP contribution in [0, 0.1) is 0 Å². The summed E-state index contributed by atoms with van der Waals surface area (Å²) in [5.41, 5.74) is 1.16. The summed E-state index contributed by atoms with van der Waals surface area (Å²) in [4.78, 5) is 29.1. The third-order valence-electron chi connectivity index (χ3n) is 7.55. The van der Waals surface area contributed by atoms with Crippen LogP contribution in [0.2, 0.25) is 0 Å². The van der Waals surface area contributed by atoms with E-state index < -0.39 is 28.5 Å². The molecule has 0 saturated heterocycles. The van der Waals surface area contributed by atoms with E-state index in [9.17, 15) is 18.0 Å². The van der Waals surface area contributed by atoms with Gasteiger partial charge in [-0.2, -0.15) is 0 Å². The van der Waals surface area contributed by atoms with Crippen LogP contribution in [0.3, 0.4) is 0 Å². The molecule has 1 saturated carbocycles. The van der Waals surface area contributed by atoms with Gasteiger partial charge in [0.15, 0.2) is 11.5 Å². The molecule has 1 unspecified atom stereocenters. The highest BCUT2D eigenvalue weighted by Crippen LogP contribution is 2.32. The number of hydrogen-bond acceptors (Lipinski definition) is 6. The van der Waals surface area contributed by atoms with Gasteiger partial charge in [-0.05, 0) is 49.1 Å². The van der Waals surface area contributed by atoms with E-state index in [4.69, 9.17) is 9.47 Å². The molecule has 0 aromatic heterocycles. The van der Waals surface area contributed by atoms with E-state index in [2.05, 4.69) is 5.32 Å². The van der Waals surface area contributed by atoms with Crippen LogP contribution in [0.5, 0.6) is 11.5 Å². The zero-order valence-corrected chi connectivity index (χ0v) is 25.2. The summed E-state index contributed by atoms with van der Waals surface area (Å²) in [6.07, 6.45) is 4.34. The normalized spacial score (nSPS) is 14.2. The minimum atomic E-state index is -4.23. The number of benzene rings is 3. The summed E-state index contributed by atoms with van der Waals surface area (Å²) in [6, 6.07) is 21.5. The number of nitrogens with zero attached hydrogens (tertiary/aromatic N) is 2. The lowest BCUT2D eigenvalue weighted by Gasteiger charge is -2.33. The molecule has 0 radical (unpaired) electrons. The van der Waals surface area contributed by atoms with Crippen LogP contribution in [-0.4, -0.2) is 58.0 Å². The van der Waals surface area contributed by atoms with E-state index in [0.717, 1.165) is 35.6 Å². The molecule has 224 valence electrons. The molecule has 1 aliphatic rings. The van der Waals surface area contributed by atoms with E-state index in [0.29, 0.717) is 17.9 Å². The van der Waals surface area contributed by atoms with Crippen molar-refractivity contribution >= 4 is 27.5 Å². The lowest BCUT2D eigenvalue weighted by atomic mass is 10.1. The van der Waals surface area contributed by atoms with E-state index in [1.165, 1.54) is 37.3 Å². The monoisotopic (exact) mass is 593 g/mol. The topological polar surface area (TPSA) is 105 Å². The predicted molar refractivity (Wildman–Crippen MR) is 162 cm³/mol. The number of amides is 2. The molecule has 2 amide bonds. The molecule has 0 aliphatic heterocycles. The van der Waals surface area contributed by atoms with Crippen LogP contribution in [0.1, 0.15) is 44.6 Å². The molecule has 9 nitrogen and oxygen atoms in total. The maximum absolute atomic E-state index is 14.2. The highest BCUT2D eigenvalue weighted by molar-refractivity contribution is 7.92. The summed E-state index contributed by atoms with van der Waals surface area (Å²) in [5, 5.41) is 3.13. The molecular weight excluding hydrogens is 554 g/mol. The van der Waals surface area contributed by atoms with Crippen molar-refractivity contribution in [1.82, 2.24) is 10.2 Å². The number of rotatable bonds is 13. The van der Waals surface area contributed by atoms with Gasteiger partial charge >= 0.3 is 0 Å². The molecule has 3 aromatic carbocycles. The molecule has 0 spiro atoms. The average Bonchev–Trinajstić information content (AvgIpc) is 3.53. The largest absolute Gasteiger partial charge is 0.493 e. The summed E-state index contributed by atoms with van der Waals surface area (Å²) in [5.74, 6) is -0.0759.